The number of rotatable bonds is 7. The van der Waals surface area contributed by atoms with Crippen LogP contribution in [0.15, 0.2) is 53.5 Å². The first-order valence-corrected chi connectivity index (χ1v) is 11.3. The number of piperazine rings is 1. The van der Waals surface area contributed by atoms with Crippen LogP contribution in [-0.4, -0.2) is 54.3 Å². The molecule has 0 aliphatic carbocycles. The van der Waals surface area contributed by atoms with Gasteiger partial charge in [-0.25, -0.2) is 0 Å². The maximum atomic E-state index is 13.3. The van der Waals surface area contributed by atoms with E-state index < -0.39 is 0 Å². The van der Waals surface area contributed by atoms with E-state index in [0.29, 0.717) is 17.8 Å². The number of para-hydroxylation sites is 1. The fraction of sp³-hybridized carbons (Fsp3) is 0.391. The minimum absolute atomic E-state index is 0.123. The quantitative estimate of drug-likeness (QED) is 0.515. The van der Waals surface area contributed by atoms with E-state index in [1.54, 1.807) is 0 Å². The Morgan fingerprint density at radius 3 is 2.24 bits per heavy atom. The van der Waals surface area contributed by atoms with Gasteiger partial charge in [0, 0.05) is 43.3 Å². The van der Waals surface area contributed by atoms with Crippen molar-refractivity contribution < 1.29 is 9.59 Å². The van der Waals surface area contributed by atoms with Gasteiger partial charge >= 0.3 is 0 Å². The molecule has 1 fully saturated rings. The number of benzene rings is 1. The van der Waals surface area contributed by atoms with Crippen molar-refractivity contribution in [2.45, 2.75) is 26.2 Å². The van der Waals surface area contributed by atoms with Gasteiger partial charge in [0.05, 0.1) is 5.57 Å². The van der Waals surface area contributed by atoms with E-state index in [1.165, 1.54) is 21.9 Å². The average Bonchev–Trinajstić information content (AvgIpc) is 3.37. The zero-order chi connectivity index (χ0) is 20.2. The Morgan fingerprint density at radius 2 is 1.59 bits per heavy atom. The summed E-state index contributed by atoms with van der Waals surface area (Å²) in [5.74, 6) is -0.253. The molecule has 0 saturated carbocycles. The Bertz CT molecular complexity index is 884. The third-order valence-corrected chi connectivity index (χ3v) is 6.50. The number of carbonyl (C=O) groups excluding carboxylic acids is 2. The second kappa shape index (κ2) is 8.82. The molecule has 1 saturated heterocycles. The Morgan fingerprint density at radius 1 is 0.862 bits per heavy atom. The summed E-state index contributed by atoms with van der Waals surface area (Å²) in [6, 6.07) is 14.2. The van der Waals surface area contributed by atoms with Gasteiger partial charge in [-0.1, -0.05) is 44.0 Å². The lowest BCUT2D eigenvalue weighted by Crippen LogP contribution is -2.47. The zero-order valence-electron chi connectivity index (χ0n) is 16.8. The summed E-state index contributed by atoms with van der Waals surface area (Å²) in [6.45, 7) is 5.78. The minimum Gasteiger partial charge on any atom is -0.368 e. The van der Waals surface area contributed by atoms with Gasteiger partial charge in [-0.2, -0.15) is 0 Å². The summed E-state index contributed by atoms with van der Waals surface area (Å²) in [4.78, 5) is 33.2. The molecule has 0 N–H and O–H groups in total. The molecule has 5 nitrogen and oxygen atoms in total. The van der Waals surface area contributed by atoms with Gasteiger partial charge in [-0.05, 0) is 30.0 Å². The number of anilines is 1. The van der Waals surface area contributed by atoms with Gasteiger partial charge in [-0.15, -0.1) is 11.3 Å². The number of amides is 2. The van der Waals surface area contributed by atoms with Gasteiger partial charge in [0.1, 0.15) is 5.70 Å². The van der Waals surface area contributed by atoms with Crippen LogP contribution in [0.2, 0.25) is 0 Å². The molecule has 0 radical (unpaired) electrons. The number of imide groups is 1. The second-order valence-corrected chi connectivity index (χ2v) is 8.43. The van der Waals surface area contributed by atoms with Crippen LogP contribution < -0.4 is 4.90 Å². The molecule has 2 aliphatic heterocycles. The molecule has 0 unspecified atom stereocenters. The summed E-state index contributed by atoms with van der Waals surface area (Å²) < 4.78 is 0. The van der Waals surface area contributed by atoms with Crippen molar-refractivity contribution in [1.29, 1.82) is 0 Å². The Balaban J connectivity index is 1.56. The summed E-state index contributed by atoms with van der Waals surface area (Å²) in [5, 5.41) is 1.96. The number of nitrogens with zero attached hydrogens (tertiary/aromatic N) is 3. The van der Waals surface area contributed by atoms with E-state index in [2.05, 4.69) is 28.9 Å². The molecule has 2 aliphatic rings. The van der Waals surface area contributed by atoms with Crippen LogP contribution in [0.25, 0.3) is 5.57 Å². The van der Waals surface area contributed by atoms with Crippen LogP contribution in [-0.2, 0) is 9.59 Å². The monoisotopic (exact) mass is 409 g/mol. The van der Waals surface area contributed by atoms with Gasteiger partial charge in [0.2, 0.25) is 0 Å². The van der Waals surface area contributed by atoms with E-state index in [9.17, 15) is 9.59 Å². The molecule has 0 atom stereocenters. The Hall–Kier alpha value is -2.60. The Labute approximate surface area is 176 Å². The Kier molecular flexibility index (Phi) is 6.00. The highest BCUT2D eigenvalue weighted by atomic mass is 32.1. The van der Waals surface area contributed by atoms with Crippen LogP contribution in [0.4, 0.5) is 5.69 Å². The number of unbranched alkanes of at least 4 members (excludes halogenated alkanes) is 2. The smallest absolute Gasteiger partial charge is 0.277 e. The van der Waals surface area contributed by atoms with Gasteiger partial charge in [-0.3, -0.25) is 14.5 Å². The van der Waals surface area contributed by atoms with Crippen molar-refractivity contribution >= 4 is 34.4 Å². The summed E-state index contributed by atoms with van der Waals surface area (Å²) in [5.41, 5.74) is 2.39. The fourth-order valence-electron chi connectivity index (χ4n) is 4.05. The highest BCUT2D eigenvalue weighted by Gasteiger charge is 2.42. The fourth-order valence-corrected chi connectivity index (χ4v) is 4.81. The maximum Gasteiger partial charge on any atom is 0.277 e. The van der Waals surface area contributed by atoms with Crippen LogP contribution in [0.3, 0.4) is 0 Å². The second-order valence-electron chi connectivity index (χ2n) is 7.48. The molecule has 1 aromatic heterocycles. The van der Waals surface area contributed by atoms with Crippen LogP contribution in [0, 0.1) is 0 Å². The molecule has 2 amide bonds. The van der Waals surface area contributed by atoms with Crippen molar-refractivity contribution in [2.75, 3.05) is 37.6 Å². The van der Waals surface area contributed by atoms with E-state index in [4.69, 9.17) is 0 Å². The van der Waals surface area contributed by atoms with Crippen molar-refractivity contribution in [1.82, 2.24) is 9.80 Å². The molecule has 152 valence electrons. The third kappa shape index (κ3) is 3.94. The van der Waals surface area contributed by atoms with Crippen molar-refractivity contribution in [3.8, 4) is 0 Å². The lowest BCUT2D eigenvalue weighted by Gasteiger charge is -2.37. The highest BCUT2D eigenvalue weighted by molar-refractivity contribution is 7.11. The molecule has 0 spiro atoms. The standard InChI is InChI=1S/C23H27N3O2S/c1-2-3-7-12-26-22(27)20(19-11-8-17-29-19)21(23(26)28)25-15-13-24(14-16-25)18-9-5-4-6-10-18/h4-6,8-11,17H,2-3,7,12-16H2,1H3. The summed E-state index contributed by atoms with van der Waals surface area (Å²) >= 11 is 1.53. The molecule has 1 aromatic carbocycles. The summed E-state index contributed by atoms with van der Waals surface area (Å²) in [6.07, 6.45) is 2.95. The van der Waals surface area contributed by atoms with Crippen LogP contribution in [0.5, 0.6) is 0 Å². The van der Waals surface area contributed by atoms with Crippen molar-refractivity contribution in [3.05, 3.63) is 58.4 Å². The van der Waals surface area contributed by atoms with E-state index in [1.807, 2.05) is 35.7 Å². The molecular weight excluding hydrogens is 382 g/mol. The number of hydrogen-bond donors (Lipinski definition) is 0. The van der Waals surface area contributed by atoms with Crippen LogP contribution >= 0.6 is 11.3 Å². The van der Waals surface area contributed by atoms with Gasteiger partial charge in [0.25, 0.3) is 11.8 Å². The first-order chi connectivity index (χ1) is 14.2. The molecule has 2 aromatic rings. The van der Waals surface area contributed by atoms with Crippen molar-refractivity contribution in [3.63, 3.8) is 0 Å². The lowest BCUT2D eigenvalue weighted by atomic mass is 10.1. The summed E-state index contributed by atoms with van der Waals surface area (Å²) in [7, 11) is 0. The third-order valence-electron chi connectivity index (χ3n) is 5.61. The minimum atomic E-state index is -0.131. The van der Waals surface area contributed by atoms with Crippen molar-refractivity contribution in [2.24, 2.45) is 0 Å². The average molecular weight is 410 g/mol. The SMILES string of the molecule is CCCCCN1C(=O)C(c2cccs2)=C(N2CCN(c3ccccc3)CC2)C1=O. The predicted molar refractivity (Wildman–Crippen MR) is 118 cm³/mol. The van der Waals surface area contributed by atoms with Gasteiger partial charge in [0.15, 0.2) is 0 Å². The van der Waals surface area contributed by atoms with E-state index >= 15 is 0 Å². The van der Waals surface area contributed by atoms with E-state index in [0.717, 1.165) is 50.3 Å². The first-order valence-electron chi connectivity index (χ1n) is 10.4. The number of hydrogen-bond acceptors (Lipinski definition) is 5. The molecule has 29 heavy (non-hydrogen) atoms. The molecule has 0 bridgehead atoms. The predicted octanol–water partition coefficient (Wildman–Crippen LogP) is 3.84. The topological polar surface area (TPSA) is 43.9 Å². The largest absolute Gasteiger partial charge is 0.368 e. The molecule has 4 rings (SSSR count). The number of thiophene rings is 1. The highest BCUT2D eigenvalue weighted by Crippen LogP contribution is 2.34. The van der Waals surface area contributed by atoms with Crippen LogP contribution in [0.1, 0.15) is 31.1 Å². The van der Waals surface area contributed by atoms with E-state index in [-0.39, 0.29) is 11.8 Å². The normalized spacial score (nSPS) is 17.6. The molecular formula is C23H27N3O2S. The molecule has 3 heterocycles. The number of carbonyl (C=O) groups is 2. The first kappa shape index (κ1) is 19.7. The van der Waals surface area contributed by atoms with Gasteiger partial charge < -0.3 is 9.80 Å². The molecule has 6 heteroatoms. The lowest BCUT2D eigenvalue weighted by molar-refractivity contribution is -0.137. The zero-order valence-corrected chi connectivity index (χ0v) is 17.7. The maximum absolute atomic E-state index is 13.3.